The second kappa shape index (κ2) is 8.24. The molecule has 0 unspecified atom stereocenters. The van der Waals surface area contributed by atoms with E-state index in [1.165, 1.54) is 20.8 Å². The molecule has 0 aromatic carbocycles. The van der Waals surface area contributed by atoms with Crippen LogP contribution in [-0.4, -0.2) is 81.6 Å². The fourth-order valence-corrected chi connectivity index (χ4v) is 11.3. The third-order valence-electron chi connectivity index (χ3n) is 13.1. The molecule has 4 saturated carbocycles. The van der Waals surface area contributed by atoms with Crippen LogP contribution in [0.2, 0.25) is 0 Å². The summed E-state index contributed by atoms with van der Waals surface area (Å²) in [7, 11) is 0. The summed E-state index contributed by atoms with van der Waals surface area (Å²) in [4.78, 5) is 39.9. The Morgan fingerprint density at radius 3 is 2.26 bits per heavy atom. The number of fused-ring (bicyclic) bond motifs is 1. The van der Waals surface area contributed by atoms with Crippen molar-refractivity contribution < 1.29 is 53.1 Å². The molecule has 6 aliphatic rings. The molecule has 0 radical (unpaired) electrons. The normalized spacial score (nSPS) is 55.5. The smallest absolute Gasteiger partial charge is 0.303 e. The van der Waals surface area contributed by atoms with Gasteiger partial charge in [-0.3, -0.25) is 14.4 Å². The van der Waals surface area contributed by atoms with Crippen LogP contribution in [0.5, 0.6) is 0 Å². The number of hydrogen-bond acceptors (Lipinski definition) is 11. The molecule has 0 amide bonds. The number of ketones is 1. The molecule has 2 aliphatic heterocycles. The summed E-state index contributed by atoms with van der Waals surface area (Å²) >= 11 is 0. The zero-order valence-electron chi connectivity index (χ0n) is 24.8. The number of rotatable bonds is 3. The highest BCUT2D eigenvalue weighted by molar-refractivity contribution is 5.93. The first-order chi connectivity index (χ1) is 19.5. The second-order valence-electron chi connectivity index (χ2n) is 14.4. The number of esters is 2. The van der Waals surface area contributed by atoms with Gasteiger partial charge in [0.2, 0.25) is 0 Å². The average molecular weight is 589 g/mol. The van der Waals surface area contributed by atoms with E-state index in [0.29, 0.717) is 6.42 Å². The molecular formula is C31H40O11. The summed E-state index contributed by atoms with van der Waals surface area (Å²) in [6.07, 6.45) is -1.02. The van der Waals surface area contributed by atoms with E-state index in [9.17, 15) is 24.9 Å². The van der Waals surface area contributed by atoms with E-state index in [-0.39, 0.29) is 31.5 Å². The largest absolute Gasteiger partial charge is 0.472 e. The van der Waals surface area contributed by atoms with Gasteiger partial charge < -0.3 is 38.7 Å². The minimum atomic E-state index is -1.80. The minimum absolute atomic E-state index is 0.0352. The predicted molar refractivity (Wildman–Crippen MR) is 141 cm³/mol. The molecule has 3 heterocycles. The predicted octanol–water partition coefficient (Wildman–Crippen LogP) is 1.86. The number of carbonyl (C=O) groups excluding carboxylic acids is 3. The minimum Gasteiger partial charge on any atom is -0.472 e. The van der Waals surface area contributed by atoms with Crippen LogP contribution >= 0.6 is 0 Å². The lowest BCUT2D eigenvalue weighted by Crippen LogP contribution is -2.83. The number of Topliss-reactive ketones (excluding diaryl/α,β-unsaturated/α-hetero) is 1. The van der Waals surface area contributed by atoms with Gasteiger partial charge in [0.1, 0.15) is 11.7 Å². The average Bonchev–Trinajstić information content (AvgIpc) is 3.26. The molecule has 230 valence electrons. The fraction of sp³-hybridized carbons (Fsp3) is 0.774. The Morgan fingerprint density at radius 1 is 0.952 bits per heavy atom. The van der Waals surface area contributed by atoms with Crippen molar-refractivity contribution in [2.75, 3.05) is 6.61 Å². The summed E-state index contributed by atoms with van der Waals surface area (Å²) in [6.45, 7) is 9.35. The molecule has 6 fully saturated rings. The van der Waals surface area contributed by atoms with Gasteiger partial charge in [0.15, 0.2) is 17.7 Å². The van der Waals surface area contributed by atoms with Crippen LogP contribution in [0.15, 0.2) is 23.0 Å². The molecule has 42 heavy (non-hydrogen) atoms. The van der Waals surface area contributed by atoms with Gasteiger partial charge in [-0.25, -0.2) is 0 Å². The number of aliphatic hydroxyl groups excluding tert-OH is 2. The number of furan rings is 1. The first-order valence-electron chi connectivity index (χ1n) is 14.9. The van der Waals surface area contributed by atoms with Crippen molar-refractivity contribution in [3.05, 3.63) is 24.2 Å². The zero-order valence-corrected chi connectivity index (χ0v) is 24.8. The van der Waals surface area contributed by atoms with Crippen molar-refractivity contribution in [2.45, 2.75) is 109 Å². The molecular weight excluding hydrogens is 548 g/mol. The van der Waals surface area contributed by atoms with Crippen LogP contribution in [0.25, 0.3) is 0 Å². The molecule has 11 nitrogen and oxygen atoms in total. The maximum atomic E-state index is 15.1. The quantitative estimate of drug-likeness (QED) is 0.349. The number of hydrogen-bond donors (Lipinski definition) is 3. The van der Waals surface area contributed by atoms with Crippen molar-refractivity contribution >= 4 is 17.7 Å². The van der Waals surface area contributed by atoms with E-state index >= 15 is 4.79 Å². The van der Waals surface area contributed by atoms with Crippen molar-refractivity contribution in [3.8, 4) is 0 Å². The lowest BCUT2D eigenvalue weighted by molar-refractivity contribution is -0.410. The Bertz CT molecular complexity index is 1360. The standard InChI is InChI=1S/C31H40O11/c1-14(32)40-21-11-20(35)30-13-39-29(6,37)27(21,4)18(30)10-19(34)28(5)24(30)23(36)25(41-15(2)33)26(3)17(16-7-8-38-12-16)9-22-31(26,28)42-22/h7-8,12,17-22,24-25,34-35,37H,9-11,13H2,1-6H3/t17-,18-,19+,20-,21-,22-,24-,25-,26+,27+,28-,29-,30+,31+/m0/s1. The fourth-order valence-electron chi connectivity index (χ4n) is 11.3. The molecule has 11 heteroatoms. The van der Waals surface area contributed by atoms with E-state index in [1.54, 1.807) is 19.5 Å². The lowest BCUT2D eigenvalue weighted by atomic mass is 9.32. The number of epoxide rings is 1. The van der Waals surface area contributed by atoms with Crippen LogP contribution in [0.3, 0.4) is 0 Å². The van der Waals surface area contributed by atoms with Crippen molar-refractivity contribution in [3.63, 3.8) is 0 Å². The van der Waals surface area contributed by atoms with Gasteiger partial charge in [0, 0.05) is 42.9 Å². The van der Waals surface area contributed by atoms with Gasteiger partial charge in [0.25, 0.3) is 0 Å². The van der Waals surface area contributed by atoms with Gasteiger partial charge in [-0.2, -0.15) is 0 Å². The molecule has 7 rings (SSSR count). The Kier molecular flexibility index (Phi) is 5.58. The van der Waals surface area contributed by atoms with Crippen molar-refractivity contribution in [1.82, 2.24) is 0 Å². The third kappa shape index (κ3) is 2.84. The number of ether oxygens (including phenoxy) is 4. The highest BCUT2D eigenvalue weighted by Gasteiger charge is 2.93. The topological polar surface area (TPSA) is 165 Å². The van der Waals surface area contributed by atoms with Crippen LogP contribution in [-0.2, 0) is 33.3 Å². The van der Waals surface area contributed by atoms with Crippen LogP contribution in [0.1, 0.15) is 72.3 Å². The second-order valence-corrected chi connectivity index (χ2v) is 14.4. The van der Waals surface area contributed by atoms with E-state index in [1.807, 2.05) is 19.9 Å². The molecule has 3 N–H and O–H groups in total. The summed E-state index contributed by atoms with van der Waals surface area (Å²) in [5.41, 5.74) is -5.05. The van der Waals surface area contributed by atoms with Crippen LogP contribution < -0.4 is 0 Å². The van der Waals surface area contributed by atoms with E-state index in [0.717, 1.165) is 5.56 Å². The van der Waals surface area contributed by atoms with E-state index < -0.39 is 87.0 Å². The Morgan fingerprint density at radius 2 is 1.64 bits per heavy atom. The van der Waals surface area contributed by atoms with Crippen LogP contribution in [0, 0.1) is 33.5 Å². The third-order valence-corrected chi connectivity index (χ3v) is 13.1. The number of carbonyl (C=O) groups is 3. The Balaban J connectivity index is 1.45. The van der Waals surface area contributed by atoms with Gasteiger partial charge in [0.05, 0.1) is 48.3 Å². The molecule has 1 aromatic heterocycles. The van der Waals surface area contributed by atoms with Gasteiger partial charge >= 0.3 is 11.9 Å². The molecule has 4 aliphatic carbocycles. The molecule has 2 bridgehead atoms. The van der Waals surface area contributed by atoms with Gasteiger partial charge in [-0.15, -0.1) is 0 Å². The summed E-state index contributed by atoms with van der Waals surface area (Å²) in [5.74, 6) is -5.43. The van der Waals surface area contributed by atoms with E-state index in [4.69, 9.17) is 23.4 Å². The highest BCUT2D eigenvalue weighted by atomic mass is 16.6. The van der Waals surface area contributed by atoms with Gasteiger partial charge in [-0.05, 0) is 37.3 Å². The maximum absolute atomic E-state index is 15.1. The summed E-state index contributed by atoms with van der Waals surface area (Å²) in [5, 5.41) is 36.0. The first-order valence-corrected chi connectivity index (χ1v) is 14.9. The zero-order chi connectivity index (χ0) is 30.4. The van der Waals surface area contributed by atoms with Crippen molar-refractivity contribution in [2.24, 2.45) is 33.5 Å². The lowest BCUT2D eigenvalue weighted by Gasteiger charge is -2.74. The van der Waals surface area contributed by atoms with E-state index in [2.05, 4.69) is 0 Å². The monoisotopic (exact) mass is 588 g/mol. The molecule has 14 atom stereocenters. The van der Waals surface area contributed by atoms with Crippen LogP contribution in [0.4, 0.5) is 0 Å². The number of aliphatic hydroxyl groups is 3. The molecule has 1 spiro atoms. The molecule has 1 aromatic rings. The molecule has 2 saturated heterocycles. The first kappa shape index (κ1) is 28.5. The summed E-state index contributed by atoms with van der Waals surface area (Å²) in [6, 6.07) is 1.84. The maximum Gasteiger partial charge on any atom is 0.303 e. The SMILES string of the molecule is CC(=O)O[C@H]1C[C@H](O)[C@@]23CO[C@](C)(O)[C@]1(C)[C@@H]2C[C@@H](O)[C@@]1(C)[C@@H]3C(=O)[C@H](OC(C)=O)[C@@]2(C)[C@H](c3ccoc3)C[C@@H]3O[C@@]312. The summed E-state index contributed by atoms with van der Waals surface area (Å²) < 4.78 is 29.8. The Hall–Kier alpha value is -2.31. The van der Waals surface area contributed by atoms with Crippen molar-refractivity contribution in [1.29, 1.82) is 0 Å². The highest BCUT2D eigenvalue weighted by Crippen LogP contribution is 2.83. The van der Waals surface area contributed by atoms with Gasteiger partial charge in [-0.1, -0.05) is 20.8 Å². The Labute approximate surface area is 243 Å².